The number of aromatic hydroxyl groups is 1. The van der Waals surface area contributed by atoms with Crippen LogP contribution in [0.25, 0.3) is 6.08 Å². The molecule has 0 spiro atoms. The van der Waals surface area contributed by atoms with Gasteiger partial charge in [0.15, 0.2) is 9.84 Å². The lowest BCUT2D eigenvalue weighted by atomic mass is 10.1. The van der Waals surface area contributed by atoms with E-state index in [9.17, 15) is 18.3 Å². The molecular formula is C13H16N2O4S. The van der Waals surface area contributed by atoms with E-state index in [-0.39, 0.29) is 22.6 Å². The van der Waals surface area contributed by atoms with E-state index in [1.165, 1.54) is 12.1 Å². The Hall–Kier alpha value is -1.86. The molecule has 0 bridgehead atoms. The zero-order valence-corrected chi connectivity index (χ0v) is 11.8. The summed E-state index contributed by atoms with van der Waals surface area (Å²) in [6.45, 7) is 0. The number of benzene rings is 1. The third-order valence-electron chi connectivity index (χ3n) is 2.98. The first-order chi connectivity index (χ1) is 9.36. The minimum absolute atomic E-state index is 0.0180. The second-order valence-corrected chi connectivity index (χ2v) is 6.68. The molecule has 1 aromatic rings. The molecule has 1 saturated heterocycles. The molecule has 1 heterocycles. The van der Waals surface area contributed by atoms with Gasteiger partial charge in [0, 0.05) is 18.7 Å². The lowest BCUT2D eigenvalue weighted by molar-refractivity contribution is -0.123. The highest BCUT2D eigenvalue weighted by molar-refractivity contribution is 7.90. The summed E-state index contributed by atoms with van der Waals surface area (Å²) in [5.41, 5.74) is 6.07. The van der Waals surface area contributed by atoms with E-state index >= 15 is 0 Å². The van der Waals surface area contributed by atoms with Crippen LogP contribution in [0.4, 0.5) is 0 Å². The summed E-state index contributed by atoms with van der Waals surface area (Å²) in [4.78, 5) is 10.9. The van der Waals surface area contributed by atoms with Gasteiger partial charge in [0.1, 0.15) is 10.6 Å². The van der Waals surface area contributed by atoms with E-state index < -0.39 is 9.84 Å². The Labute approximate surface area is 117 Å². The molecule has 108 valence electrons. The van der Waals surface area contributed by atoms with Gasteiger partial charge in [0.05, 0.1) is 0 Å². The standard InChI is InChI=1S/C13H16N2O4S/c1-20(18,19)12-6-3-9(8-11(12)16)2-4-10-5-7-13(17)15-14-10/h2-4,6,8,10,14,16H,5,7H2,1H3,(H,15,17)/b4-2+. The third kappa shape index (κ3) is 3.58. The highest BCUT2D eigenvalue weighted by Crippen LogP contribution is 2.24. The lowest BCUT2D eigenvalue weighted by Gasteiger charge is -2.20. The van der Waals surface area contributed by atoms with E-state index in [0.717, 1.165) is 6.26 Å². The summed E-state index contributed by atoms with van der Waals surface area (Å²) in [6.07, 6.45) is 5.82. The second kappa shape index (κ2) is 5.64. The Balaban J connectivity index is 2.11. The van der Waals surface area contributed by atoms with Gasteiger partial charge in [-0.3, -0.25) is 10.2 Å². The number of nitrogens with one attached hydrogen (secondary N) is 2. The van der Waals surface area contributed by atoms with E-state index in [0.29, 0.717) is 18.4 Å². The first kappa shape index (κ1) is 14.5. The van der Waals surface area contributed by atoms with Crippen LogP contribution in [0.5, 0.6) is 5.75 Å². The predicted octanol–water partition coefficient (Wildman–Crippen LogP) is 0.592. The van der Waals surface area contributed by atoms with Crippen LogP contribution in [0.15, 0.2) is 29.2 Å². The van der Waals surface area contributed by atoms with Gasteiger partial charge in [-0.2, -0.15) is 0 Å². The maximum atomic E-state index is 11.4. The molecular weight excluding hydrogens is 280 g/mol. The second-order valence-electron chi connectivity index (χ2n) is 4.70. The van der Waals surface area contributed by atoms with Crippen LogP contribution >= 0.6 is 0 Å². The molecule has 0 aliphatic carbocycles. The molecule has 3 N–H and O–H groups in total. The minimum atomic E-state index is -3.43. The third-order valence-corrected chi connectivity index (χ3v) is 4.13. The number of rotatable bonds is 3. The summed E-state index contributed by atoms with van der Waals surface area (Å²) in [7, 11) is -3.43. The van der Waals surface area contributed by atoms with Crippen LogP contribution in [0.1, 0.15) is 18.4 Å². The van der Waals surface area contributed by atoms with Crippen molar-refractivity contribution in [1.29, 1.82) is 0 Å². The van der Waals surface area contributed by atoms with Gasteiger partial charge in [-0.1, -0.05) is 18.2 Å². The van der Waals surface area contributed by atoms with Crippen molar-refractivity contribution in [2.75, 3.05) is 6.26 Å². The molecule has 1 atom stereocenters. The van der Waals surface area contributed by atoms with Crippen LogP contribution in [0, 0.1) is 0 Å². The van der Waals surface area contributed by atoms with Crippen molar-refractivity contribution < 1.29 is 18.3 Å². The van der Waals surface area contributed by atoms with E-state index in [4.69, 9.17) is 0 Å². The Kier molecular flexibility index (Phi) is 4.10. The SMILES string of the molecule is CS(=O)(=O)c1ccc(/C=C/C2CCC(=O)NN2)cc1O. The van der Waals surface area contributed by atoms with Crippen LogP contribution in [-0.2, 0) is 14.6 Å². The number of hydrazine groups is 1. The first-order valence-electron chi connectivity index (χ1n) is 6.12. The van der Waals surface area contributed by atoms with Gasteiger partial charge in [0.2, 0.25) is 5.91 Å². The lowest BCUT2D eigenvalue weighted by Crippen LogP contribution is -2.48. The van der Waals surface area contributed by atoms with Crippen molar-refractivity contribution in [3.05, 3.63) is 29.8 Å². The van der Waals surface area contributed by atoms with Crippen molar-refractivity contribution in [3.8, 4) is 5.75 Å². The Morgan fingerprint density at radius 3 is 2.70 bits per heavy atom. The molecule has 1 amide bonds. The maximum absolute atomic E-state index is 11.4. The number of amides is 1. The monoisotopic (exact) mass is 296 g/mol. The minimum Gasteiger partial charge on any atom is -0.507 e. The zero-order valence-electron chi connectivity index (χ0n) is 11.0. The average molecular weight is 296 g/mol. The number of hydrogen-bond donors (Lipinski definition) is 3. The van der Waals surface area contributed by atoms with Crippen molar-refractivity contribution in [1.82, 2.24) is 10.9 Å². The maximum Gasteiger partial charge on any atom is 0.234 e. The topological polar surface area (TPSA) is 95.5 Å². The Morgan fingerprint density at radius 2 is 2.15 bits per heavy atom. The number of carbonyl (C=O) groups excluding carboxylic acids is 1. The predicted molar refractivity (Wildman–Crippen MR) is 74.6 cm³/mol. The van der Waals surface area contributed by atoms with Crippen molar-refractivity contribution in [2.24, 2.45) is 0 Å². The molecule has 2 rings (SSSR count). The van der Waals surface area contributed by atoms with E-state index in [2.05, 4.69) is 10.9 Å². The van der Waals surface area contributed by atoms with Gasteiger partial charge in [0.25, 0.3) is 0 Å². The molecule has 0 saturated carbocycles. The van der Waals surface area contributed by atoms with Gasteiger partial charge < -0.3 is 5.11 Å². The molecule has 0 aromatic heterocycles. The number of hydrogen-bond acceptors (Lipinski definition) is 5. The van der Waals surface area contributed by atoms with E-state index in [1.807, 2.05) is 6.08 Å². The zero-order chi connectivity index (χ0) is 14.8. The summed E-state index contributed by atoms with van der Waals surface area (Å²) in [6, 6.07) is 4.41. The number of phenolic OH excluding ortho intramolecular Hbond substituents is 1. The summed E-state index contributed by atoms with van der Waals surface area (Å²) in [5.74, 6) is -0.302. The van der Waals surface area contributed by atoms with Gasteiger partial charge in [-0.25, -0.2) is 13.8 Å². The molecule has 20 heavy (non-hydrogen) atoms. The smallest absolute Gasteiger partial charge is 0.234 e. The largest absolute Gasteiger partial charge is 0.507 e. The van der Waals surface area contributed by atoms with Crippen LogP contribution in [0.2, 0.25) is 0 Å². The van der Waals surface area contributed by atoms with Crippen molar-refractivity contribution in [3.63, 3.8) is 0 Å². The molecule has 1 aliphatic rings. The fourth-order valence-corrected chi connectivity index (χ4v) is 2.67. The molecule has 1 aromatic carbocycles. The first-order valence-corrected chi connectivity index (χ1v) is 8.01. The summed E-state index contributed by atoms with van der Waals surface area (Å²) < 4.78 is 22.7. The molecule has 1 fully saturated rings. The van der Waals surface area contributed by atoms with Gasteiger partial charge >= 0.3 is 0 Å². The Morgan fingerprint density at radius 1 is 1.40 bits per heavy atom. The molecule has 7 heteroatoms. The number of carbonyl (C=O) groups is 1. The molecule has 0 radical (unpaired) electrons. The summed E-state index contributed by atoms with van der Waals surface area (Å²) in [5, 5.41) is 9.71. The highest BCUT2D eigenvalue weighted by Gasteiger charge is 2.15. The van der Waals surface area contributed by atoms with Crippen LogP contribution < -0.4 is 10.9 Å². The van der Waals surface area contributed by atoms with Gasteiger partial charge in [-0.15, -0.1) is 0 Å². The van der Waals surface area contributed by atoms with Crippen LogP contribution in [-0.4, -0.2) is 31.7 Å². The Bertz CT molecular complexity index is 642. The molecule has 6 nitrogen and oxygen atoms in total. The van der Waals surface area contributed by atoms with Crippen LogP contribution in [0.3, 0.4) is 0 Å². The highest BCUT2D eigenvalue weighted by atomic mass is 32.2. The van der Waals surface area contributed by atoms with Gasteiger partial charge in [-0.05, 0) is 24.1 Å². The molecule has 1 unspecified atom stereocenters. The fraction of sp³-hybridized carbons (Fsp3) is 0.308. The van der Waals surface area contributed by atoms with Crippen molar-refractivity contribution >= 4 is 21.8 Å². The fourth-order valence-electron chi connectivity index (χ4n) is 1.92. The quantitative estimate of drug-likeness (QED) is 0.759. The normalized spacial score (nSPS) is 20.1. The average Bonchev–Trinajstić information content (AvgIpc) is 2.36. The number of phenols is 1. The summed E-state index contributed by atoms with van der Waals surface area (Å²) >= 11 is 0. The van der Waals surface area contributed by atoms with Crippen molar-refractivity contribution in [2.45, 2.75) is 23.8 Å². The number of sulfone groups is 1. The molecule has 1 aliphatic heterocycles. The van der Waals surface area contributed by atoms with E-state index in [1.54, 1.807) is 12.1 Å².